The zero-order valence-corrected chi connectivity index (χ0v) is 20.0. The van der Waals surface area contributed by atoms with Crippen molar-refractivity contribution in [3.05, 3.63) is 66.0 Å². The molecule has 0 spiro atoms. The number of aromatic nitrogens is 2. The van der Waals surface area contributed by atoms with Gasteiger partial charge in [0.05, 0.1) is 16.7 Å². The van der Waals surface area contributed by atoms with Crippen molar-refractivity contribution in [3.63, 3.8) is 0 Å². The molecule has 3 heterocycles. The predicted molar refractivity (Wildman–Crippen MR) is 132 cm³/mol. The summed E-state index contributed by atoms with van der Waals surface area (Å²) in [7, 11) is 0. The third-order valence-electron chi connectivity index (χ3n) is 5.83. The van der Waals surface area contributed by atoms with E-state index in [1.54, 1.807) is 0 Å². The van der Waals surface area contributed by atoms with Gasteiger partial charge in [0.15, 0.2) is 0 Å². The first kappa shape index (κ1) is 21.1. The van der Waals surface area contributed by atoms with Gasteiger partial charge in [-0.3, -0.25) is 9.36 Å². The molecule has 0 bridgehead atoms. The molecule has 4 nitrogen and oxygen atoms in total. The molecule has 0 aliphatic carbocycles. The maximum atomic E-state index is 13.1. The van der Waals surface area contributed by atoms with Crippen LogP contribution < -0.4 is 4.74 Å². The second-order valence-electron chi connectivity index (χ2n) is 10.2. The number of hydrogen-bond donors (Lipinski definition) is 0. The maximum absolute atomic E-state index is 13.1. The average Bonchev–Trinajstić information content (AvgIpc) is 3.15. The quantitative estimate of drug-likeness (QED) is 0.322. The fourth-order valence-corrected chi connectivity index (χ4v) is 5.51. The van der Waals surface area contributed by atoms with Crippen molar-refractivity contribution in [1.29, 1.82) is 0 Å². The van der Waals surface area contributed by atoms with Crippen LogP contribution in [0.4, 0.5) is 0 Å². The number of carbonyl (C=O) groups is 1. The molecular formula is C27H28N2O2S. The van der Waals surface area contributed by atoms with Crippen molar-refractivity contribution in [2.45, 2.75) is 57.3 Å². The fourth-order valence-electron chi connectivity index (χ4n) is 4.34. The largest absolute Gasteiger partial charge is 0.487 e. The number of hydrogen-bond acceptors (Lipinski definition) is 4. The Morgan fingerprint density at radius 2 is 1.88 bits per heavy atom. The van der Waals surface area contributed by atoms with E-state index in [4.69, 9.17) is 9.72 Å². The molecule has 5 rings (SSSR count). The van der Waals surface area contributed by atoms with Crippen molar-refractivity contribution >= 4 is 39.5 Å². The summed E-state index contributed by atoms with van der Waals surface area (Å²) < 4.78 is 8.10. The number of pyridine rings is 1. The Morgan fingerprint density at radius 1 is 1.09 bits per heavy atom. The molecule has 164 valence electrons. The third-order valence-corrected chi connectivity index (χ3v) is 7.10. The lowest BCUT2D eigenvalue weighted by molar-refractivity contribution is 0.0795. The number of fused-ring (bicyclic) bond motifs is 4. The molecule has 0 N–H and O–H groups in total. The Bertz CT molecular complexity index is 1360. The Kier molecular flexibility index (Phi) is 4.86. The topological polar surface area (TPSA) is 44.1 Å². The first-order valence-electron chi connectivity index (χ1n) is 11.0. The molecular weight excluding hydrogens is 416 g/mol. The van der Waals surface area contributed by atoms with Gasteiger partial charge in [0.2, 0.25) is 5.91 Å². The van der Waals surface area contributed by atoms with Gasteiger partial charge in [-0.25, -0.2) is 4.98 Å². The van der Waals surface area contributed by atoms with E-state index in [1.807, 2.05) is 66.6 Å². The van der Waals surface area contributed by atoms with Gasteiger partial charge in [0.25, 0.3) is 0 Å². The summed E-state index contributed by atoms with van der Waals surface area (Å²) in [4.78, 5) is 19.0. The number of nitrogens with zero attached hydrogens (tertiary/aromatic N) is 2. The number of ether oxygens (including phenoxy) is 1. The Labute approximate surface area is 193 Å². The Balaban J connectivity index is 1.50. The SMILES string of the molecule is CC(C)(C)Sc1c2n(c3ccc(OCc4ccc5ccccc5n4)cc13)C(=O)C(C)(C)C2. The van der Waals surface area contributed by atoms with Crippen LogP contribution in [0.2, 0.25) is 0 Å². The van der Waals surface area contributed by atoms with E-state index >= 15 is 0 Å². The molecule has 0 amide bonds. The summed E-state index contributed by atoms with van der Waals surface area (Å²) in [6.45, 7) is 11.1. The molecule has 0 saturated heterocycles. The molecule has 2 aromatic heterocycles. The van der Waals surface area contributed by atoms with Gasteiger partial charge in [-0.15, -0.1) is 11.8 Å². The summed E-state index contributed by atoms with van der Waals surface area (Å²) in [5, 5.41) is 2.21. The lowest BCUT2D eigenvalue weighted by Gasteiger charge is -2.19. The first-order chi connectivity index (χ1) is 15.1. The van der Waals surface area contributed by atoms with Crippen LogP contribution in [-0.2, 0) is 13.0 Å². The molecule has 0 unspecified atom stereocenters. The third kappa shape index (κ3) is 3.69. The van der Waals surface area contributed by atoms with E-state index in [0.717, 1.165) is 45.4 Å². The minimum Gasteiger partial charge on any atom is -0.487 e. The molecule has 0 saturated carbocycles. The summed E-state index contributed by atoms with van der Waals surface area (Å²) >= 11 is 1.83. The molecule has 32 heavy (non-hydrogen) atoms. The van der Waals surface area contributed by atoms with Crippen molar-refractivity contribution in [3.8, 4) is 5.75 Å². The highest BCUT2D eigenvalue weighted by Gasteiger charge is 2.41. The van der Waals surface area contributed by atoms with Crippen LogP contribution in [0.1, 0.15) is 50.8 Å². The molecule has 2 aromatic carbocycles. The highest BCUT2D eigenvalue weighted by atomic mass is 32.2. The Morgan fingerprint density at radius 3 is 2.66 bits per heavy atom. The minimum absolute atomic E-state index is 0.0390. The normalized spacial score (nSPS) is 15.5. The molecule has 1 aliphatic heterocycles. The van der Waals surface area contributed by atoms with Gasteiger partial charge in [0, 0.05) is 37.9 Å². The lowest BCUT2D eigenvalue weighted by Crippen LogP contribution is -2.23. The molecule has 1 aliphatic rings. The number of para-hydroxylation sites is 1. The van der Waals surface area contributed by atoms with Gasteiger partial charge < -0.3 is 4.74 Å². The maximum Gasteiger partial charge on any atom is 0.237 e. The number of benzene rings is 2. The van der Waals surface area contributed by atoms with Gasteiger partial charge >= 0.3 is 0 Å². The monoisotopic (exact) mass is 444 g/mol. The zero-order valence-electron chi connectivity index (χ0n) is 19.2. The van der Waals surface area contributed by atoms with E-state index in [1.165, 1.54) is 4.90 Å². The first-order valence-corrected chi connectivity index (χ1v) is 11.8. The molecule has 5 heteroatoms. The number of carbonyl (C=O) groups excluding carboxylic acids is 1. The fraction of sp³-hybridized carbons (Fsp3) is 0.333. The van der Waals surface area contributed by atoms with Gasteiger partial charge in [-0.05, 0) is 30.3 Å². The highest BCUT2D eigenvalue weighted by Crippen LogP contribution is 2.47. The van der Waals surface area contributed by atoms with E-state index < -0.39 is 0 Å². The van der Waals surface area contributed by atoms with Crippen LogP contribution in [0.25, 0.3) is 21.8 Å². The van der Waals surface area contributed by atoms with Gasteiger partial charge in [-0.1, -0.05) is 58.9 Å². The van der Waals surface area contributed by atoms with Crippen LogP contribution >= 0.6 is 11.8 Å². The van der Waals surface area contributed by atoms with E-state index in [0.29, 0.717) is 6.61 Å². The number of rotatable bonds is 4. The second kappa shape index (κ2) is 7.38. The van der Waals surface area contributed by atoms with Crippen molar-refractivity contribution in [1.82, 2.24) is 9.55 Å². The van der Waals surface area contributed by atoms with Crippen LogP contribution in [0.3, 0.4) is 0 Å². The average molecular weight is 445 g/mol. The lowest BCUT2D eigenvalue weighted by atomic mass is 9.90. The van der Waals surface area contributed by atoms with Gasteiger partial charge in [0.1, 0.15) is 12.4 Å². The molecule has 0 radical (unpaired) electrons. The summed E-state index contributed by atoms with van der Waals surface area (Å²) in [5.74, 6) is 0.964. The van der Waals surface area contributed by atoms with Crippen LogP contribution in [0.5, 0.6) is 5.75 Å². The second-order valence-corrected chi connectivity index (χ2v) is 12.0. The van der Waals surface area contributed by atoms with Crippen LogP contribution in [0, 0.1) is 5.41 Å². The summed E-state index contributed by atoms with van der Waals surface area (Å²) in [6, 6.07) is 18.2. The summed E-state index contributed by atoms with van der Waals surface area (Å²) in [5.41, 5.74) is 3.59. The summed E-state index contributed by atoms with van der Waals surface area (Å²) in [6.07, 6.45) is 0.760. The van der Waals surface area contributed by atoms with E-state index in [9.17, 15) is 4.79 Å². The van der Waals surface area contributed by atoms with Crippen molar-refractivity contribution in [2.75, 3.05) is 0 Å². The zero-order chi connectivity index (χ0) is 22.7. The Hall–Kier alpha value is -2.79. The highest BCUT2D eigenvalue weighted by molar-refractivity contribution is 8.00. The van der Waals surface area contributed by atoms with E-state index in [-0.39, 0.29) is 16.1 Å². The molecule has 4 aromatic rings. The van der Waals surface area contributed by atoms with Crippen molar-refractivity contribution < 1.29 is 9.53 Å². The van der Waals surface area contributed by atoms with Crippen molar-refractivity contribution in [2.24, 2.45) is 5.41 Å². The molecule has 0 fully saturated rings. The standard InChI is InChI=1S/C27H28N2O2S/c1-26(2,3)32-24-20-14-19(12-13-22(20)29-23(24)15-27(4,5)25(29)30)31-16-18-11-10-17-8-6-7-9-21(17)28-18/h6-14H,15-16H2,1-5H3. The minimum atomic E-state index is -0.367. The van der Waals surface area contributed by atoms with Crippen LogP contribution in [-0.4, -0.2) is 20.2 Å². The molecule has 0 atom stereocenters. The predicted octanol–water partition coefficient (Wildman–Crippen LogP) is 6.88. The number of thioether (sulfide) groups is 1. The van der Waals surface area contributed by atoms with Gasteiger partial charge in [-0.2, -0.15) is 0 Å². The van der Waals surface area contributed by atoms with E-state index in [2.05, 4.69) is 39.0 Å². The van der Waals surface area contributed by atoms with Crippen LogP contribution in [0.15, 0.2) is 59.5 Å². The smallest absolute Gasteiger partial charge is 0.237 e.